The quantitative estimate of drug-likeness (QED) is 0.713. The fourth-order valence-corrected chi connectivity index (χ4v) is 4.83. The highest BCUT2D eigenvalue weighted by Crippen LogP contribution is 2.42. The maximum atomic E-state index is 12.8. The van der Waals surface area contributed by atoms with E-state index in [0.717, 1.165) is 17.5 Å². The fourth-order valence-electron chi connectivity index (χ4n) is 4.83. The average Bonchev–Trinajstić information content (AvgIpc) is 3.31. The molecule has 5 rings (SSSR count). The van der Waals surface area contributed by atoms with Crippen molar-refractivity contribution < 1.29 is 15.0 Å². The summed E-state index contributed by atoms with van der Waals surface area (Å²) in [6, 6.07) is 11.0. The summed E-state index contributed by atoms with van der Waals surface area (Å²) in [5, 5.41) is 20.8. The van der Waals surface area contributed by atoms with Crippen LogP contribution in [-0.4, -0.2) is 54.7 Å². The summed E-state index contributed by atoms with van der Waals surface area (Å²) in [5.74, 6) is 0.233. The second kappa shape index (κ2) is 6.60. The van der Waals surface area contributed by atoms with Crippen LogP contribution in [0.25, 0.3) is 11.0 Å². The molecule has 7 heteroatoms. The highest BCUT2D eigenvalue weighted by Gasteiger charge is 2.44. The molecule has 0 unspecified atom stereocenters. The number of hydrogen-bond acceptors (Lipinski definition) is 5. The molecule has 2 aliphatic rings. The fraction of sp³-hybridized carbons (Fsp3) is 0.381. The van der Waals surface area contributed by atoms with Crippen molar-refractivity contribution in [2.45, 2.75) is 25.0 Å². The molecule has 1 aliphatic heterocycles. The number of carbonyl (C=O) groups is 1. The third-order valence-electron chi connectivity index (χ3n) is 6.22. The number of likely N-dealkylation sites (tertiary alicyclic amines) is 1. The summed E-state index contributed by atoms with van der Waals surface area (Å²) in [4.78, 5) is 23.1. The summed E-state index contributed by atoms with van der Waals surface area (Å²) < 4.78 is 2.07. The van der Waals surface area contributed by atoms with Crippen LogP contribution in [0.3, 0.4) is 0 Å². The number of para-hydroxylation sites is 2. The van der Waals surface area contributed by atoms with Crippen LogP contribution in [0, 0.1) is 11.8 Å². The molecule has 2 N–H and O–H groups in total. The number of carbonyl (C=O) groups excluding carboxylic acids is 1. The number of pyridine rings is 1. The minimum atomic E-state index is -0.475. The first-order chi connectivity index (χ1) is 13.6. The van der Waals surface area contributed by atoms with Crippen LogP contribution < -0.4 is 0 Å². The first-order valence-electron chi connectivity index (χ1n) is 9.64. The van der Waals surface area contributed by atoms with E-state index in [2.05, 4.69) is 14.5 Å². The second-order valence-electron chi connectivity index (χ2n) is 7.85. The maximum Gasteiger partial charge on any atom is 0.276 e. The molecule has 2 fully saturated rings. The highest BCUT2D eigenvalue weighted by atomic mass is 16.3. The molecule has 2 aromatic heterocycles. The Morgan fingerprint density at radius 1 is 1.04 bits per heavy atom. The van der Waals surface area contributed by atoms with E-state index in [0.29, 0.717) is 25.4 Å². The van der Waals surface area contributed by atoms with E-state index in [1.807, 2.05) is 30.6 Å². The summed E-state index contributed by atoms with van der Waals surface area (Å²) in [5.41, 5.74) is 2.04. The topological polar surface area (TPSA) is 91.5 Å². The molecule has 28 heavy (non-hydrogen) atoms. The van der Waals surface area contributed by atoms with Gasteiger partial charge in [-0.15, -0.1) is 0 Å². The number of benzene rings is 1. The lowest BCUT2D eigenvalue weighted by atomic mass is 9.77. The Kier molecular flexibility index (Phi) is 4.05. The number of nitrogens with zero attached hydrogens (tertiary/aromatic N) is 4. The van der Waals surface area contributed by atoms with Gasteiger partial charge in [0.05, 0.1) is 29.5 Å². The van der Waals surface area contributed by atoms with Gasteiger partial charge in [-0.25, -0.2) is 9.97 Å². The van der Waals surface area contributed by atoms with Crippen LogP contribution in [0.5, 0.6) is 5.75 Å². The molecule has 1 amide bonds. The molecule has 144 valence electrons. The highest BCUT2D eigenvalue weighted by molar-refractivity contribution is 5.95. The molecule has 1 aromatic carbocycles. The van der Waals surface area contributed by atoms with Crippen molar-refractivity contribution in [3.05, 3.63) is 54.6 Å². The van der Waals surface area contributed by atoms with Gasteiger partial charge in [-0.05, 0) is 48.9 Å². The Labute approximate surface area is 162 Å². The van der Waals surface area contributed by atoms with Gasteiger partial charge in [0.25, 0.3) is 5.91 Å². The zero-order chi connectivity index (χ0) is 19.3. The molecule has 7 nitrogen and oxygen atoms in total. The second-order valence-corrected chi connectivity index (χ2v) is 7.85. The van der Waals surface area contributed by atoms with Gasteiger partial charge in [-0.3, -0.25) is 4.79 Å². The normalized spacial score (nSPS) is 27.1. The Morgan fingerprint density at radius 2 is 1.82 bits per heavy atom. The third kappa shape index (κ3) is 2.74. The predicted octanol–water partition coefficient (Wildman–Crippen LogP) is 2.22. The van der Waals surface area contributed by atoms with Gasteiger partial charge in [0.2, 0.25) is 0 Å². The molecule has 0 bridgehead atoms. The number of rotatable bonds is 2. The number of aromatic nitrogens is 3. The Bertz CT molecular complexity index is 1030. The molecule has 1 saturated carbocycles. The lowest BCUT2D eigenvalue weighted by molar-refractivity contribution is 0.0374. The first-order valence-corrected chi connectivity index (χ1v) is 9.64. The number of aromatic hydroxyl groups is 1. The van der Waals surface area contributed by atoms with Gasteiger partial charge in [0.15, 0.2) is 5.69 Å². The lowest BCUT2D eigenvalue weighted by Gasteiger charge is -2.36. The molecule has 3 heterocycles. The summed E-state index contributed by atoms with van der Waals surface area (Å²) in [7, 11) is 0. The van der Waals surface area contributed by atoms with E-state index < -0.39 is 6.10 Å². The predicted molar refractivity (Wildman–Crippen MR) is 103 cm³/mol. The minimum Gasteiger partial charge on any atom is -0.505 e. The van der Waals surface area contributed by atoms with Crippen LogP contribution in [0.4, 0.5) is 0 Å². The van der Waals surface area contributed by atoms with Crippen LogP contribution in [0.1, 0.15) is 29.4 Å². The number of fused-ring (bicyclic) bond motifs is 2. The van der Waals surface area contributed by atoms with Gasteiger partial charge in [-0.2, -0.15) is 0 Å². The molecule has 0 radical (unpaired) electrons. The lowest BCUT2D eigenvalue weighted by Crippen LogP contribution is -2.36. The number of aliphatic hydroxyl groups is 1. The third-order valence-corrected chi connectivity index (χ3v) is 6.22. The van der Waals surface area contributed by atoms with Crippen molar-refractivity contribution in [3.63, 3.8) is 0 Å². The van der Waals surface area contributed by atoms with E-state index in [9.17, 15) is 15.0 Å². The SMILES string of the molecule is O=C(c1ncccc1O)N1C[C@H]2C[C@@H](n3cnc4ccccc43)[C@H](O)C[C@H]2C1. The summed E-state index contributed by atoms with van der Waals surface area (Å²) in [6.45, 7) is 1.21. The van der Waals surface area contributed by atoms with Crippen molar-refractivity contribution in [3.8, 4) is 5.75 Å². The van der Waals surface area contributed by atoms with Crippen LogP contribution in [0.2, 0.25) is 0 Å². The van der Waals surface area contributed by atoms with E-state index in [4.69, 9.17) is 0 Å². The zero-order valence-electron chi connectivity index (χ0n) is 15.3. The van der Waals surface area contributed by atoms with Gasteiger partial charge in [0.1, 0.15) is 5.75 Å². The number of hydrogen-bond donors (Lipinski definition) is 2. The number of imidazole rings is 1. The van der Waals surface area contributed by atoms with Crippen molar-refractivity contribution in [1.82, 2.24) is 19.4 Å². The molecular weight excluding hydrogens is 356 g/mol. The van der Waals surface area contributed by atoms with Crippen molar-refractivity contribution in [2.75, 3.05) is 13.1 Å². The minimum absolute atomic E-state index is 0.0491. The van der Waals surface area contributed by atoms with E-state index in [-0.39, 0.29) is 29.3 Å². The van der Waals surface area contributed by atoms with Crippen LogP contribution in [0.15, 0.2) is 48.9 Å². The number of amides is 1. The van der Waals surface area contributed by atoms with Crippen molar-refractivity contribution in [2.24, 2.45) is 11.8 Å². The van der Waals surface area contributed by atoms with Gasteiger partial charge in [0, 0.05) is 19.3 Å². The van der Waals surface area contributed by atoms with Gasteiger partial charge in [-0.1, -0.05) is 12.1 Å². The largest absolute Gasteiger partial charge is 0.505 e. The van der Waals surface area contributed by atoms with Crippen LogP contribution in [-0.2, 0) is 0 Å². The molecular formula is C21H22N4O3. The number of aliphatic hydroxyl groups excluding tert-OH is 1. The maximum absolute atomic E-state index is 12.8. The van der Waals surface area contributed by atoms with Gasteiger partial charge < -0.3 is 19.7 Å². The van der Waals surface area contributed by atoms with Gasteiger partial charge >= 0.3 is 0 Å². The van der Waals surface area contributed by atoms with Crippen molar-refractivity contribution >= 4 is 16.9 Å². The summed E-state index contributed by atoms with van der Waals surface area (Å²) in [6.07, 6.45) is 4.30. The standard InChI is InChI=1S/C21H22N4O3/c26-18-6-3-7-22-20(18)21(28)24-10-13-8-17(19(27)9-14(13)11-24)25-12-23-15-4-1-2-5-16(15)25/h1-7,12-14,17,19,26-27H,8-11H2/t13-,14+,17-,19-/m1/s1. The van der Waals surface area contributed by atoms with E-state index >= 15 is 0 Å². The monoisotopic (exact) mass is 378 g/mol. The first kappa shape index (κ1) is 17.2. The van der Waals surface area contributed by atoms with E-state index in [1.54, 1.807) is 11.0 Å². The molecule has 4 atom stereocenters. The molecule has 0 spiro atoms. The molecule has 1 saturated heterocycles. The average molecular weight is 378 g/mol. The smallest absolute Gasteiger partial charge is 0.276 e. The zero-order valence-corrected chi connectivity index (χ0v) is 15.3. The molecule has 3 aromatic rings. The Morgan fingerprint density at radius 3 is 2.64 bits per heavy atom. The summed E-state index contributed by atoms with van der Waals surface area (Å²) >= 11 is 0. The Balaban J connectivity index is 1.37. The molecule has 1 aliphatic carbocycles. The Hall–Kier alpha value is -2.93. The van der Waals surface area contributed by atoms with E-state index in [1.165, 1.54) is 12.3 Å². The van der Waals surface area contributed by atoms with Crippen molar-refractivity contribution in [1.29, 1.82) is 0 Å². The van der Waals surface area contributed by atoms with Crippen LogP contribution >= 0.6 is 0 Å².